The molecule has 24 heavy (non-hydrogen) atoms. The predicted molar refractivity (Wildman–Crippen MR) is 95.6 cm³/mol. The lowest BCUT2D eigenvalue weighted by molar-refractivity contribution is 0.256. The van der Waals surface area contributed by atoms with Gasteiger partial charge in [-0.3, -0.25) is 10.2 Å². The van der Waals surface area contributed by atoms with Gasteiger partial charge in [0.05, 0.1) is 6.54 Å². The molecule has 0 fully saturated rings. The van der Waals surface area contributed by atoms with Crippen molar-refractivity contribution in [1.29, 1.82) is 0 Å². The van der Waals surface area contributed by atoms with Gasteiger partial charge in [0, 0.05) is 28.8 Å². The number of para-hydroxylation sites is 2. The Morgan fingerprint density at radius 1 is 0.958 bits per heavy atom. The Morgan fingerprint density at radius 2 is 1.67 bits per heavy atom. The van der Waals surface area contributed by atoms with Gasteiger partial charge in [-0.25, -0.2) is 9.78 Å². The highest BCUT2D eigenvalue weighted by Gasteiger charge is 2.26. The Hall–Kier alpha value is -3.34. The lowest BCUT2D eigenvalue weighted by atomic mass is 10.1. The molecule has 2 amide bonds. The van der Waals surface area contributed by atoms with E-state index >= 15 is 0 Å². The molecule has 1 aromatic heterocycles. The van der Waals surface area contributed by atoms with Crippen molar-refractivity contribution < 1.29 is 4.79 Å². The molecule has 3 aromatic rings. The summed E-state index contributed by atoms with van der Waals surface area (Å²) >= 11 is 0. The van der Waals surface area contributed by atoms with Crippen molar-refractivity contribution in [3.63, 3.8) is 0 Å². The summed E-state index contributed by atoms with van der Waals surface area (Å²) in [5.41, 5.74) is 3.75. The topological polar surface area (TPSA) is 57.3 Å². The van der Waals surface area contributed by atoms with E-state index in [9.17, 15) is 4.79 Å². The van der Waals surface area contributed by atoms with Crippen LogP contribution in [0.2, 0.25) is 0 Å². The zero-order chi connectivity index (χ0) is 16.4. The summed E-state index contributed by atoms with van der Waals surface area (Å²) in [6.45, 7) is 0.466. The van der Waals surface area contributed by atoms with Crippen LogP contribution in [0.5, 0.6) is 0 Å². The van der Waals surface area contributed by atoms with Crippen LogP contribution in [0.1, 0.15) is 5.56 Å². The minimum atomic E-state index is -0.168. The molecular formula is C19H16N4O. The molecule has 0 atom stereocenters. The monoisotopic (exact) mass is 316 g/mol. The molecule has 5 heteroatoms. The van der Waals surface area contributed by atoms with Crippen LogP contribution in [-0.4, -0.2) is 11.0 Å². The summed E-state index contributed by atoms with van der Waals surface area (Å²) in [5.74, 6) is 0.605. The van der Waals surface area contributed by atoms with Crippen LogP contribution in [0.3, 0.4) is 0 Å². The largest absolute Gasteiger partial charge is 0.355 e. The van der Waals surface area contributed by atoms with Gasteiger partial charge >= 0.3 is 6.03 Å². The van der Waals surface area contributed by atoms with Crippen molar-refractivity contribution in [3.05, 3.63) is 78.5 Å². The zero-order valence-corrected chi connectivity index (χ0v) is 12.9. The first-order chi connectivity index (χ1) is 11.8. The Balaban J connectivity index is 1.69. The number of amides is 2. The molecule has 0 radical (unpaired) electrons. The van der Waals surface area contributed by atoms with Crippen molar-refractivity contribution in [2.24, 2.45) is 0 Å². The minimum Gasteiger partial charge on any atom is -0.355 e. The third kappa shape index (κ3) is 2.67. The SMILES string of the molecule is O=C1Nc2nccc(Nc3ccccc3)c2CN1c1ccccc1. The number of aromatic nitrogens is 1. The van der Waals surface area contributed by atoms with E-state index in [1.54, 1.807) is 11.1 Å². The fourth-order valence-electron chi connectivity index (χ4n) is 2.77. The summed E-state index contributed by atoms with van der Waals surface area (Å²) in [6.07, 6.45) is 1.70. The number of anilines is 4. The number of nitrogens with zero attached hydrogens (tertiary/aromatic N) is 2. The van der Waals surface area contributed by atoms with Gasteiger partial charge in [0.15, 0.2) is 0 Å². The Labute approximate surface area is 140 Å². The van der Waals surface area contributed by atoms with Crippen molar-refractivity contribution in [1.82, 2.24) is 4.98 Å². The van der Waals surface area contributed by atoms with Crippen LogP contribution >= 0.6 is 0 Å². The Bertz CT molecular complexity index is 865. The first-order valence-corrected chi connectivity index (χ1v) is 7.75. The van der Waals surface area contributed by atoms with Gasteiger partial charge in [0.1, 0.15) is 5.82 Å². The summed E-state index contributed by atoms with van der Waals surface area (Å²) in [6, 6.07) is 21.3. The summed E-state index contributed by atoms with van der Waals surface area (Å²) in [4.78, 5) is 18.4. The molecule has 0 bridgehead atoms. The number of carbonyl (C=O) groups is 1. The second-order valence-electron chi connectivity index (χ2n) is 5.53. The third-order valence-electron chi connectivity index (χ3n) is 3.96. The lowest BCUT2D eigenvalue weighted by Crippen LogP contribution is -2.39. The fourth-order valence-corrected chi connectivity index (χ4v) is 2.77. The van der Waals surface area contributed by atoms with Crippen LogP contribution in [0.25, 0.3) is 0 Å². The van der Waals surface area contributed by atoms with E-state index in [1.165, 1.54) is 0 Å². The normalized spacial score (nSPS) is 13.2. The van der Waals surface area contributed by atoms with Gasteiger partial charge in [-0.1, -0.05) is 36.4 Å². The van der Waals surface area contributed by atoms with E-state index in [2.05, 4.69) is 15.6 Å². The van der Waals surface area contributed by atoms with E-state index < -0.39 is 0 Å². The fraction of sp³-hybridized carbons (Fsp3) is 0.0526. The minimum absolute atomic E-state index is 0.168. The van der Waals surface area contributed by atoms with Crippen LogP contribution in [0.15, 0.2) is 72.9 Å². The third-order valence-corrected chi connectivity index (χ3v) is 3.96. The lowest BCUT2D eigenvalue weighted by Gasteiger charge is -2.30. The van der Waals surface area contributed by atoms with Crippen LogP contribution in [-0.2, 0) is 6.54 Å². The molecule has 1 aliphatic rings. The quantitative estimate of drug-likeness (QED) is 0.754. The van der Waals surface area contributed by atoms with Gasteiger partial charge in [0.25, 0.3) is 0 Å². The van der Waals surface area contributed by atoms with E-state index in [0.29, 0.717) is 12.4 Å². The average Bonchev–Trinajstić information content (AvgIpc) is 2.63. The second kappa shape index (κ2) is 6.04. The maximum atomic E-state index is 12.4. The highest BCUT2D eigenvalue weighted by Crippen LogP contribution is 2.32. The number of carbonyl (C=O) groups excluding carboxylic acids is 1. The molecule has 1 aliphatic heterocycles. The molecule has 4 rings (SSSR count). The van der Waals surface area contributed by atoms with Crippen molar-refractivity contribution in [3.8, 4) is 0 Å². The number of pyridine rings is 1. The smallest absolute Gasteiger partial charge is 0.327 e. The van der Waals surface area contributed by atoms with Gasteiger partial charge in [-0.05, 0) is 30.3 Å². The molecule has 2 N–H and O–H groups in total. The first-order valence-electron chi connectivity index (χ1n) is 7.75. The molecule has 0 spiro atoms. The van der Waals surface area contributed by atoms with Crippen LogP contribution in [0.4, 0.5) is 27.7 Å². The molecule has 0 unspecified atom stereocenters. The summed E-state index contributed by atoms with van der Waals surface area (Å²) < 4.78 is 0. The number of urea groups is 1. The standard InChI is InChI=1S/C19H16N4O/c24-19-22-18-16(13-23(19)15-9-5-2-6-10-15)17(11-12-20-18)21-14-7-3-1-4-8-14/h1-12H,13H2,(H2,20,21,22,24). The predicted octanol–water partition coefficient (Wildman–Crippen LogP) is 4.38. The maximum absolute atomic E-state index is 12.4. The number of fused-ring (bicyclic) bond motifs is 1. The zero-order valence-electron chi connectivity index (χ0n) is 12.9. The van der Waals surface area contributed by atoms with E-state index in [4.69, 9.17) is 0 Å². The van der Waals surface area contributed by atoms with Crippen LogP contribution in [0, 0.1) is 0 Å². The van der Waals surface area contributed by atoms with Gasteiger partial charge in [-0.15, -0.1) is 0 Å². The van der Waals surface area contributed by atoms with Crippen LogP contribution < -0.4 is 15.5 Å². The highest BCUT2D eigenvalue weighted by atomic mass is 16.2. The number of benzene rings is 2. The number of hydrogen-bond donors (Lipinski definition) is 2. The maximum Gasteiger partial charge on any atom is 0.327 e. The van der Waals surface area contributed by atoms with Crippen molar-refractivity contribution in [2.45, 2.75) is 6.54 Å². The average molecular weight is 316 g/mol. The second-order valence-corrected chi connectivity index (χ2v) is 5.53. The number of hydrogen-bond acceptors (Lipinski definition) is 3. The summed E-state index contributed by atoms with van der Waals surface area (Å²) in [7, 11) is 0. The number of rotatable bonds is 3. The van der Waals surface area contributed by atoms with Crippen molar-refractivity contribution in [2.75, 3.05) is 15.5 Å². The Kier molecular flexibility index (Phi) is 3.59. The van der Waals surface area contributed by atoms with Gasteiger partial charge in [0.2, 0.25) is 0 Å². The molecule has 118 valence electrons. The van der Waals surface area contributed by atoms with E-state index in [0.717, 1.165) is 22.6 Å². The molecule has 0 saturated carbocycles. The van der Waals surface area contributed by atoms with E-state index in [-0.39, 0.29) is 6.03 Å². The molecule has 2 aromatic carbocycles. The molecule has 0 saturated heterocycles. The Morgan fingerprint density at radius 3 is 2.42 bits per heavy atom. The van der Waals surface area contributed by atoms with Gasteiger partial charge in [-0.2, -0.15) is 0 Å². The molecular weight excluding hydrogens is 300 g/mol. The molecule has 2 heterocycles. The number of nitrogens with one attached hydrogen (secondary N) is 2. The van der Waals surface area contributed by atoms with Crippen molar-refractivity contribution >= 4 is 28.9 Å². The highest BCUT2D eigenvalue weighted by molar-refractivity contribution is 6.04. The summed E-state index contributed by atoms with van der Waals surface area (Å²) in [5, 5.41) is 6.27. The molecule has 5 nitrogen and oxygen atoms in total. The van der Waals surface area contributed by atoms with E-state index in [1.807, 2.05) is 66.7 Å². The first kappa shape index (κ1) is 14.3. The van der Waals surface area contributed by atoms with Gasteiger partial charge < -0.3 is 5.32 Å². The molecule has 0 aliphatic carbocycles.